The molecule has 0 saturated carbocycles. The first-order chi connectivity index (χ1) is 7.18. The largest absolute Gasteiger partial charge is 0.359 e. The van der Waals surface area contributed by atoms with Crippen molar-refractivity contribution in [1.29, 1.82) is 0 Å². The van der Waals surface area contributed by atoms with E-state index >= 15 is 0 Å². The van der Waals surface area contributed by atoms with Crippen LogP contribution in [0.3, 0.4) is 0 Å². The molecule has 0 saturated heterocycles. The van der Waals surface area contributed by atoms with Crippen LogP contribution in [0.5, 0.6) is 0 Å². The molecule has 80 valence electrons. The number of hydrogen-bond acceptors (Lipinski definition) is 3. The van der Waals surface area contributed by atoms with Crippen molar-refractivity contribution >= 4 is 11.5 Å². The highest BCUT2D eigenvalue weighted by Gasteiger charge is 2.06. The third-order valence-corrected chi connectivity index (χ3v) is 2.36. The third kappa shape index (κ3) is 1.94. The fourth-order valence-electron chi connectivity index (χ4n) is 1.77. The van der Waals surface area contributed by atoms with Crippen LogP contribution in [0, 0.1) is 0 Å². The molecule has 2 heterocycles. The van der Waals surface area contributed by atoms with Crippen LogP contribution in [0.1, 0.15) is 6.92 Å². The lowest BCUT2D eigenvalue weighted by molar-refractivity contribution is 0.709. The average Bonchev–Trinajstić information content (AvgIpc) is 2.63. The first-order valence-corrected chi connectivity index (χ1v) is 5.07. The lowest BCUT2D eigenvalue weighted by Gasteiger charge is -2.22. The van der Waals surface area contributed by atoms with Gasteiger partial charge in [0.15, 0.2) is 0 Å². The summed E-state index contributed by atoms with van der Waals surface area (Å²) < 4.78 is 2.06. The first kappa shape index (κ1) is 9.98. The second kappa shape index (κ2) is 3.90. The van der Waals surface area contributed by atoms with E-state index in [1.807, 2.05) is 32.3 Å². The fourth-order valence-corrected chi connectivity index (χ4v) is 1.77. The Kier molecular flexibility index (Phi) is 2.60. The second-order valence-electron chi connectivity index (χ2n) is 3.90. The van der Waals surface area contributed by atoms with Crippen LogP contribution >= 0.6 is 0 Å². The highest BCUT2D eigenvalue weighted by atomic mass is 15.2. The van der Waals surface area contributed by atoms with Crippen molar-refractivity contribution in [3.05, 3.63) is 30.6 Å². The molecule has 2 aromatic heterocycles. The topological polar surface area (TPSA) is 46.6 Å². The maximum absolute atomic E-state index is 5.78. The molecule has 0 bridgehead atoms. The predicted molar refractivity (Wildman–Crippen MR) is 62.1 cm³/mol. The molecule has 0 radical (unpaired) electrons. The number of nitrogens with zero attached hydrogens (tertiary/aromatic N) is 3. The monoisotopic (exact) mass is 204 g/mol. The highest BCUT2D eigenvalue weighted by Crippen LogP contribution is 2.14. The zero-order chi connectivity index (χ0) is 10.8. The van der Waals surface area contributed by atoms with Crippen LogP contribution in [0.25, 0.3) is 5.65 Å². The van der Waals surface area contributed by atoms with E-state index in [0.717, 1.165) is 18.0 Å². The maximum Gasteiger partial charge on any atom is 0.138 e. The number of nitrogens with two attached hydrogens (primary N) is 1. The molecule has 0 amide bonds. The van der Waals surface area contributed by atoms with Gasteiger partial charge < -0.3 is 10.6 Å². The quantitative estimate of drug-likeness (QED) is 0.815. The summed E-state index contributed by atoms with van der Waals surface area (Å²) in [6.45, 7) is 2.84. The van der Waals surface area contributed by atoms with E-state index in [0.29, 0.717) is 0 Å². The molecule has 15 heavy (non-hydrogen) atoms. The van der Waals surface area contributed by atoms with Crippen molar-refractivity contribution in [2.45, 2.75) is 13.0 Å². The van der Waals surface area contributed by atoms with E-state index in [9.17, 15) is 0 Å². The standard InChI is InChI=1S/C11H16N4/c1-9(12)8-14(2)11-5-3-4-10-13-6-7-15(10)11/h3-7,9H,8,12H2,1-2H3. The van der Waals surface area contributed by atoms with Crippen LogP contribution < -0.4 is 10.6 Å². The van der Waals surface area contributed by atoms with Crippen LogP contribution in [0.2, 0.25) is 0 Å². The van der Waals surface area contributed by atoms with Crippen molar-refractivity contribution in [1.82, 2.24) is 9.38 Å². The molecule has 0 aliphatic carbocycles. The Hall–Kier alpha value is -1.55. The molecular formula is C11H16N4. The van der Waals surface area contributed by atoms with Gasteiger partial charge in [-0.25, -0.2) is 4.98 Å². The van der Waals surface area contributed by atoms with Gasteiger partial charge in [0.05, 0.1) is 0 Å². The number of anilines is 1. The molecule has 0 aliphatic rings. The van der Waals surface area contributed by atoms with Crippen molar-refractivity contribution < 1.29 is 0 Å². The summed E-state index contributed by atoms with van der Waals surface area (Å²) in [6, 6.07) is 6.23. The van der Waals surface area contributed by atoms with E-state index < -0.39 is 0 Å². The molecule has 1 unspecified atom stereocenters. The summed E-state index contributed by atoms with van der Waals surface area (Å²) in [4.78, 5) is 6.38. The van der Waals surface area contributed by atoms with E-state index in [1.54, 1.807) is 6.20 Å². The number of rotatable bonds is 3. The van der Waals surface area contributed by atoms with Crippen molar-refractivity contribution in [3.63, 3.8) is 0 Å². The van der Waals surface area contributed by atoms with Crippen molar-refractivity contribution in [3.8, 4) is 0 Å². The Morgan fingerprint density at radius 1 is 1.53 bits per heavy atom. The van der Waals surface area contributed by atoms with Gasteiger partial charge in [0.25, 0.3) is 0 Å². The Morgan fingerprint density at radius 3 is 3.07 bits per heavy atom. The minimum Gasteiger partial charge on any atom is -0.359 e. The summed E-state index contributed by atoms with van der Waals surface area (Å²) in [7, 11) is 2.04. The molecule has 2 aromatic rings. The summed E-state index contributed by atoms with van der Waals surface area (Å²) in [5.74, 6) is 1.11. The average molecular weight is 204 g/mol. The van der Waals surface area contributed by atoms with Gasteiger partial charge in [-0.2, -0.15) is 0 Å². The molecule has 2 N–H and O–H groups in total. The zero-order valence-electron chi connectivity index (χ0n) is 9.09. The molecule has 4 heteroatoms. The molecule has 0 fully saturated rings. The van der Waals surface area contributed by atoms with E-state index in [4.69, 9.17) is 5.73 Å². The molecule has 4 nitrogen and oxygen atoms in total. The van der Waals surface area contributed by atoms with Crippen LogP contribution in [0.15, 0.2) is 30.6 Å². The summed E-state index contributed by atoms with van der Waals surface area (Å²) in [5.41, 5.74) is 6.75. The SMILES string of the molecule is CC(N)CN(C)c1cccc2nccn12. The van der Waals surface area contributed by atoms with Gasteiger partial charge in [0, 0.05) is 32.0 Å². The Morgan fingerprint density at radius 2 is 2.33 bits per heavy atom. The summed E-state index contributed by atoms with van der Waals surface area (Å²) >= 11 is 0. The van der Waals surface area contributed by atoms with Gasteiger partial charge in [0.2, 0.25) is 0 Å². The predicted octanol–water partition coefficient (Wildman–Crippen LogP) is 1.12. The Bertz CT molecular complexity index is 447. The molecular weight excluding hydrogens is 188 g/mol. The van der Waals surface area contributed by atoms with Crippen molar-refractivity contribution in [2.75, 3.05) is 18.5 Å². The van der Waals surface area contributed by atoms with Crippen LogP contribution in [-0.2, 0) is 0 Å². The number of likely N-dealkylation sites (N-methyl/N-ethyl adjacent to an activating group) is 1. The maximum atomic E-state index is 5.78. The van der Waals surface area contributed by atoms with Crippen LogP contribution in [-0.4, -0.2) is 29.0 Å². The van der Waals surface area contributed by atoms with Crippen molar-refractivity contribution in [2.24, 2.45) is 5.73 Å². The van der Waals surface area contributed by atoms with E-state index in [1.165, 1.54) is 0 Å². The molecule has 0 aliphatic heterocycles. The first-order valence-electron chi connectivity index (χ1n) is 5.07. The summed E-state index contributed by atoms with van der Waals surface area (Å²) in [6.07, 6.45) is 3.76. The number of imidazole rings is 1. The van der Waals surface area contributed by atoms with Gasteiger partial charge in [-0.1, -0.05) is 6.07 Å². The van der Waals surface area contributed by atoms with Gasteiger partial charge in [-0.15, -0.1) is 0 Å². The fraction of sp³-hybridized carbons (Fsp3) is 0.364. The lowest BCUT2D eigenvalue weighted by atomic mass is 10.3. The second-order valence-corrected chi connectivity index (χ2v) is 3.90. The number of pyridine rings is 1. The molecule has 0 spiro atoms. The minimum atomic E-state index is 0.161. The number of hydrogen-bond donors (Lipinski definition) is 1. The normalized spacial score (nSPS) is 13.0. The number of aromatic nitrogens is 2. The highest BCUT2D eigenvalue weighted by molar-refractivity contribution is 5.51. The third-order valence-electron chi connectivity index (χ3n) is 2.36. The van der Waals surface area contributed by atoms with Gasteiger partial charge in [0.1, 0.15) is 11.5 Å². The van der Waals surface area contributed by atoms with Gasteiger partial charge in [-0.05, 0) is 19.1 Å². The number of fused-ring (bicyclic) bond motifs is 1. The van der Waals surface area contributed by atoms with Gasteiger partial charge >= 0.3 is 0 Å². The summed E-state index contributed by atoms with van der Waals surface area (Å²) in [5, 5.41) is 0. The van der Waals surface area contributed by atoms with E-state index in [2.05, 4.69) is 20.4 Å². The lowest BCUT2D eigenvalue weighted by Crippen LogP contribution is -2.33. The van der Waals surface area contributed by atoms with Gasteiger partial charge in [-0.3, -0.25) is 4.40 Å². The smallest absolute Gasteiger partial charge is 0.138 e. The minimum absolute atomic E-state index is 0.161. The Balaban J connectivity index is 2.38. The van der Waals surface area contributed by atoms with E-state index in [-0.39, 0.29) is 6.04 Å². The molecule has 0 aromatic carbocycles. The molecule has 2 rings (SSSR count). The molecule has 1 atom stereocenters. The zero-order valence-corrected chi connectivity index (χ0v) is 9.09. The Labute approximate surface area is 89.3 Å². The van der Waals surface area contributed by atoms with Crippen LogP contribution in [0.4, 0.5) is 5.82 Å².